The molecule has 0 bridgehead atoms. The Balaban J connectivity index is 4.41. The Bertz CT molecular complexity index is 1270. The molecule has 0 N–H and O–H groups in total. The molecule has 0 fully saturated rings. The average Bonchev–Trinajstić information content (AvgIpc) is 3.32. The van der Waals surface area contributed by atoms with Crippen LogP contribution in [0.4, 0.5) is 0 Å². The summed E-state index contributed by atoms with van der Waals surface area (Å²) in [5.41, 5.74) is 0. The highest BCUT2D eigenvalue weighted by molar-refractivity contribution is 5.70. The van der Waals surface area contributed by atoms with Gasteiger partial charge in [-0.05, 0) is 116 Å². The largest absolute Gasteiger partial charge is 0.462 e. The highest BCUT2D eigenvalue weighted by Crippen LogP contribution is 2.13. The van der Waals surface area contributed by atoms with Crippen molar-refractivity contribution >= 4 is 11.9 Å². The van der Waals surface area contributed by atoms with Crippen LogP contribution in [0.15, 0.2) is 97.2 Å². The van der Waals surface area contributed by atoms with Crippen molar-refractivity contribution < 1.29 is 23.8 Å². The van der Waals surface area contributed by atoms with Crippen molar-refractivity contribution in [3.63, 3.8) is 0 Å². The topological polar surface area (TPSA) is 61.8 Å². The van der Waals surface area contributed by atoms with Gasteiger partial charge in [-0.1, -0.05) is 221 Å². The zero-order valence-electron chi connectivity index (χ0n) is 43.4. The lowest BCUT2D eigenvalue weighted by Crippen LogP contribution is -2.30. The molecular formula is C61H104O5. The fraction of sp³-hybridized carbons (Fsp3) is 0.705. The molecule has 0 heterocycles. The average molecular weight is 917 g/mol. The molecule has 378 valence electrons. The standard InChI is InChI=1S/C61H104O5/c1-4-7-10-13-16-19-22-25-28-29-30-31-32-35-38-41-44-47-50-53-56-64-57-59(66-61(63)55-52-49-46-43-40-37-34-27-24-21-18-15-12-9-6-3)58-65-60(62)54-51-48-45-42-39-36-33-26-23-20-17-14-11-8-5-2/h7,10,16,19,25-28,30-31,33-35,38,44,47,59H,4-6,8-9,11-15,17-18,20-24,29,32,36-37,39-43,45-46,48-58H2,1-3H3/b10-7-,19-16-,28-25-,31-30-,33-26-,34-27-,38-35-,47-44-. The number of rotatable bonds is 50. The Labute approximate surface area is 409 Å². The normalized spacial score (nSPS) is 13.0. The maximum absolute atomic E-state index is 12.8. The summed E-state index contributed by atoms with van der Waals surface area (Å²) in [5.74, 6) is -0.448. The number of esters is 2. The molecule has 0 aromatic heterocycles. The van der Waals surface area contributed by atoms with Crippen molar-refractivity contribution in [1.82, 2.24) is 0 Å². The molecule has 0 aromatic rings. The van der Waals surface area contributed by atoms with Gasteiger partial charge in [-0.2, -0.15) is 0 Å². The van der Waals surface area contributed by atoms with Crippen molar-refractivity contribution in [2.24, 2.45) is 0 Å². The van der Waals surface area contributed by atoms with Gasteiger partial charge in [0.05, 0.1) is 6.61 Å². The summed E-state index contributed by atoms with van der Waals surface area (Å²) in [6.45, 7) is 7.55. The van der Waals surface area contributed by atoms with Crippen LogP contribution in [0.1, 0.15) is 252 Å². The lowest BCUT2D eigenvalue weighted by Gasteiger charge is -2.18. The first-order chi connectivity index (χ1) is 32.6. The van der Waals surface area contributed by atoms with E-state index in [1.165, 1.54) is 116 Å². The minimum atomic E-state index is -0.579. The monoisotopic (exact) mass is 917 g/mol. The number of hydrogen-bond acceptors (Lipinski definition) is 5. The summed E-state index contributed by atoms with van der Waals surface area (Å²) < 4.78 is 17.4. The number of unbranched alkanes of at least 4 members (excludes halogenated alkanes) is 23. The molecule has 0 rings (SSSR count). The maximum atomic E-state index is 12.8. The van der Waals surface area contributed by atoms with Crippen LogP contribution in [0, 0.1) is 0 Å². The second-order valence-electron chi connectivity index (χ2n) is 18.1. The maximum Gasteiger partial charge on any atom is 0.306 e. The van der Waals surface area contributed by atoms with Crippen LogP contribution in [0.25, 0.3) is 0 Å². The van der Waals surface area contributed by atoms with Crippen molar-refractivity contribution in [1.29, 1.82) is 0 Å². The van der Waals surface area contributed by atoms with E-state index in [0.717, 1.165) is 103 Å². The van der Waals surface area contributed by atoms with Gasteiger partial charge in [0.2, 0.25) is 0 Å². The molecule has 1 atom stereocenters. The molecule has 66 heavy (non-hydrogen) atoms. The van der Waals surface area contributed by atoms with Crippen LogP contribution in [-0.4, -0.2) is 37.9 Å². The molecule has 0 radical (unpaired) electrons. The molecule has 0 aliphatic rings. The molecule has 0 saturated heterocycles. The van der Waals surface area contributed by atoms with Gasteiger partial charge in [0, 0.05) is 19.4 Å². The number of carbonyl (C=O) groups excluding carboxylic acids is 2. The molecule has 0 aliphatic heterocycles. The van der Waals surface area contributed by atoms with Crippen molar-refractivity contribution in [2.75, 3.05) is 19.8 Å². The molecule has 5 heteroatoms. The summed E-state index contributed by atoms with van der Waals surface area (Å²) in [6, 6.07) is 0. The van der Waals surface area contributed by atoms with E-state index in [4.69, 9.17) is 14.2 Å². The fourth-order valence-electron chi connectivity index (χ4n) is 7.46. The van der Waals surface area contributed by atoms with E-state index in [9.17, 15) is 9.59 Å². The SMILES string of the molecule is CC/C=C\C/C=C\C/C=C\C/C=C\C/C=C\C/C=C\CCCOCC(COC(=O)CCCCCCC/C=C\CCCCCCCC)OC(=O)CCCCCCC/C=C\CCCCCCCC. The van der Waals surface area contributed by atoms with E-state index >= 15 is 0 Å². The van der Waals surface area contributed by atoms with Crippen LogP contribution < -0.4 is 0 Å². The van der Waals surface area contributed by atoms with E-state index in [0.29, 0.717) is 19.4 Å². The second kappa shape index (κ2) is 56.1. The second-order valence-corrected chi connectivity index (χ2v) is 18.1. The predicted molar refractivity (Wildman–Crippen MR) is 288 cm³/mol. The minimum absolute atomic E-state index is 0.0508. The first kappa shape index (κ1) is 62.8. The van der Waals surface area contributed by atoms with Crippen LogP contribution >= 0.6 is 0 Å². The molecule has 5 nitrogen and oxygen atoms in total. The summed E-state index contributed by atoms with van der Waals surface area (Å²) >= 11 is 0. The van der Waals surface area contributed by atoms with Gasteiger partial charge in [-0.15, -0.1) is 0 Å². The number of hydrogen-bond donors (Lipinski definition) is 0. The predicted octanol–water partition coefficient (Wildman–Crippen LogP) is 19.0. The Morgan fingerprint density at radius 2 is 0.682 bits per heavy atom. The van der Waals surface area contributed by atoms with Crippen molar-refractivity contribution in [2.45, 2.75) is 258 Å². The van der Waals surface area contributed by atoms with Crippen molar-refractivity contribution in [3.05, 3.63) is 97.2 Å². The van der Waals surface area contributed by atoms with Crippen molar-refractivity contribution in [3.8, 4) is 0 Å². The summed E-state index contributed by atoms with van der Waals surface area (Å²) in [4.78, 5) is 25.5. The zero-order valence-corrected chi connectivity index (χ0v) is 43.4. The number of carbonyl (C=O) groups is 2. The van der Waals surface area contributed by atoms with Crippen LogP contribution in [0.3, 0.4) is 0 Å². The van der Waals surface area contributed by atoms with Gasteiger partial charge in [0.15, 0.2) is 6.10 Å². The lowest BCUT2D eigenvalue weighted by molar-refractivity contribution is -0.163. The van der Waals surface area contributed by atoms with Gasteiger partial charge in [-0.3, -0.25) is 9.59 Å². The van der Waals surface area contributed by atoms with E-state index in [-0.39, 0.29) is 25.2 Å². The molecular weight excluding hydrogens is 813 g/mol. The minimum Gasteiger partial charge on any atom is -0.462 e. The number of ether oxygens (including phenoxy) is 3. The van der Waals surface area contributed by atoms with E-state index < -0.39 is 6.10 Å². The van der Waals surface area contributed by atoms with E-state index in [1.807, 2.05) is 0 Å². The Morgan fingerprint density at radius 3 is 1.11 bits per heavy atom. The van der Waals surface area contributed by atoms with Gasteiger partial charge < -0.3 is 14.2 Å². The highest BCUT2D eigenvalue weighted by atomic mass is 16.6. The summed E-state index contributed by atoms with van der Waals surface area (Å²) in [5, 5.41) is 0. The van der Waals surface area contributed by atoms with Gasteiger partial charge >= 0.3 is 11.9 Å². The third kappa shape index (κ3) is 53.4. The molecule has 0 saturated carbocycles. The van der Waals surface area contributed by atoms with Crippen LogP contribution in [0.5, 0.6) is 0 Å². The molecule has 0 aromatic carbocycles. The first-order valence-electron chi connectivity index (χ1n) is 27.8. The Kier molecular flexibility index (Phi) is 53.4. The van der Waals surface area contributed by atoms with Gasteiger partial charge in [-0.25, -0.2) is 0 Å². The molecule has 0 aliphatic carbocycles. The Hall–Kier alpha value is -3.18. The zero-order chi connectivity index (χ0) is 47.7. The van der Waals surface area contributed by atoms with Crippen LogP contribution in [0.2, 0.25) is 0 Å². The third-order valence-corrected chi connectivity index (χ3v) is 11.6. The number of allylic oxidation sites excluding steroid dienone is 16. The third-order valence-electron chi connectivity index (χ3n) is 11.6. The molecule has 0 spiro atoms. The highest BCUT2D eigenvalue weighted by Gasteiger charge is 2.17. The first-order valence-corrected chi connectivity index (χ1v) is 27.8. The van der Waals surface area contributed by atoms with Gasteiger partial charge in [0.1, 0.15) is 6.61 Å². The summed E-state index contributed by atoms with van der Waals surface area (Å²) in [6.07, 6.45) is 75.7. The fourth-order valence-corrected chi connectivity index (χ4v) is 7.46. The molecule has 0 amide bonds. The van der Waals surface area contributed by atoms with Gasteiger partial charge in [0.25, 0.3) is 0 Å². The summed E-state index contributed by atoms with van der Waals surface area (Å²) in [7, 11) is 0. The Morgan fingerprint density at radius 1 is 0.348 bits per heavy atom. The van der Waals surface area contributed by atoms with E-state index in [2.05, 4.69) is 118 Å². The van der Waals surface area contributed by atoms with Crippen LogP contribution in [-0.2, 0) is 23.8 Å². The smallest absolute Gasteiger partial charge is 0.306 e. The lowest BCUT2D eigenvalue weighted by atomic mass is 10.1. The van der Waals surface area contributed by atoms with E-state index in [1.54, 1.807) is 0 Å². The molecule has 1 unspecified atom stereocenters. The quantitative estimate of drug-likeness (QED) is 0.0346.